The SMILES string of the molecule is NNC(Cc1ccc(Cl)cc1F)CC1CCCCCC1. The fourth-order valence-corrected chi connectivity index (χ4v) is 3.32. The van der Waals surface area contributed by atoms with Crippen LogP contribution in [0.2, 0.25) is 5.02 Å². The predicted octanol–water partition coefficient (Wildman–Crippen LogP) is 4.21. The molecule has 0 aromatic heterocycles. The van der Waals surface area contributed by atoms with Crippen molar-refractivity contribution in [2.75, 3.05) is 0 Å². The van der Waals surface area contributed by atoms with Crippen LogP contribution in [0.5, 0.6) is 0 Å². The molecule has 2 nitrogen and oxygen atoms in total. The molecule has 0 bridgehead atoms. The van der Waals surface area contributed by atoms with Crippen LogP contribution in [0.3, 0.4) is 0 Å². The summed E-state index contributed by atoms with van der Waals surface area (Å²) in [7, 11) is 0. The summed E-state index contributed by atoms with van der Waals surface area (Å²) in [6, 6.07) is 5.00. The number of hydrogen-bond donors (Lipinski definition) is 2. The Morgan fingerprint density at radius 1 is 1.25 bits per heavy atom. The van der Waals surface area contributed by atoms with Gasteiger partial charge in [-0.15, -0.1) is 0 Å². The molecular formula is C16H24ClFN2. The number of hydrogen-bond acceptors (Lipinski definition) is 2. The Bertz CT molecular complexity index is 417. The Kier molecular flexibility index (Phi) is 6.27. The Labute approximate surface area is 125 Å². The fraction of sp³-hybridized carbons (Fsp3) is 0.625. The Balaban J connectivity index is 1.93. The molecule has 1 aromatic carbocycles. The van der Waals surface area contributed by atoms with E-state index in [0.717, 1.165) is 6.42 Å². The molecule has 1 saturated carbocycles. The van der Waals surface area contributed by atoms with Gasteiger partial charge >= 0.3 is 0 Å². The van der Waals surface area contributed by atoms with Crippen LogP contribution in [0.25, 0.3) is 0 Å². The first-order chi connectivity index (χ1) is 9.69. The summed E-state index contributed by atoms with van der Waals surface area (Å²) < 4.78 is 13.8. The lowest BCUT2D eigenvalue weighted by atomic mass is 9.90. The molecule has 112 valence electrons. The average molecular weight is 299 g/mol. The summed E-state index contributed by atoms with van der Waals surface area (Å²) in [6.45, 7) is 0. The fourth-order valence-electron chi connectivity index (χ4n) is 3.16. The maximum Gasteiger partial charge on any atom is 0.127 e. The second-order valence-electron chi connectivity index (χ2n) is 5.90. The molecule has 1 atom stereocenters. The zero-order valence-corrected chi connectivity index (χ0v) is 12.6. The van der Waals surface area contributed by atoms with Gasteiger partial charge in [-0.2, -0.15) is 0 Å². The number of rotatable bonds is 5. The van der Waals surface area contributed by atoms with Crippen molar-refractivity contribution >= 4 is 11.6 Å². The summed E-state index contributed by atoms with van der Waals surface area (Å²) in [5.74, 6) is 6.14. The average Bonchev–Trinajstić information content (AvgIpc) is 2.69. The van der Waals surface area contributed by atoms with Crippen molar-refractivity contribution < 1.29 is 4.39 Å². The first kappa shape index (κ1) is 15.7. The summed E-state index contributed by atoms with van der Waals surface area (Å²) >= 11 is 5.78. The van der Waals surface area contributed by atoms with Crippen LogP contribution < -0.4 is 11.3 Å². The molecule has 1 unspecified atom stereocenters. The number of hydrazine groups is 1. The predicted molar refractivity (Wildman–Crippen MR) is 82.0 cm³/mol. The molecule has 0 saturated heterocycles. The molecule has 1 aromatic rings. The lowest BCUT2D eigenvalue weighted by molar-refractivity contribution is 0.350. The van der Waals surface area contributed by atoms with Crippen molar-refractivity contribution in [3.63, 3.8) is 0 Å². The van der Waals surface area contributed by atoms with E-state index in [-0.39, 0.29) is 11.9 Å². The molecule has 1 aliphatic rings. The van der Waals surface area contributed by atoms with Crippen molar-refractivity contribution in [2.24, 2.45) is 11.8 Å². The molecule has 0 amide bonds. The van der Waals surface area contributed by atoms with Gasteiger partial charge in [0.2, 0.25) is 0 Å². The second-order valence-corrected chi connectivity index (χ2v) is 6.33. The largest absolute Gasteiger partial charge is 0.271 e. The van der Waals surface area contributed by atoms with Crippen LogP contribution in [-0.2, 0) is 6.42 Å². The third-order valence-electron chi connectivity index (χ3n) is 4.31. The molecule has 3 N–H and O–H groups in total. The normalized spacial score (nSPS) is 18.8. The Hall–Kier alpha value is -0.640. The topological polar surface area (TPSA) is 38.0 Å². The highest BCUT2D eigenvalue weighted by Crippen LogP contribution is 2.27. The maximum absolute atomic E-state index is 13.8. The van der Waals surface area contributed by atoms with Gasteiger partial charge in [-0.25, -0.2) is 4.39 Å². The van der Waals surface area contributed by atoms with E-state index >= 15 is 0 Å². The minimum absolute atomic E-state index is 0.133. The Morgan fingerprint density at radius 3 is 2.55 bits per heavy atom. The third kappa shape index (κ3) is 4.72. The van der Waals surface area contributed by atoms with Gasteiger partial charge in [0.15, 0.2) is 0 Å². The smallest absolute Gasteiger partial charge is 0.127 e. The van der Waals surface area contributed by atoms with E-state index in [2.05, 4.69) is 5.43 Å². The maximum atomic E-state index is 13.8. The van der Waals surface area contributed by atoms with Gasteiger partial charge in [0.1, 0.15) is 5.82 Å². The molecule has 4 heteroatoms. The van der Waals surface area contributed by atoms with Crippen molar-refractivity contribution in [1.82, 2.24) is 5.43 Å². The van der Waals surface area contributed by atoms with Crippen LogP contribution in [0.1, 0.15) is 50.5 Å². The third-order valence-corrected chi connectivity index (χ3v) is 4.54. The van der Waals surface area contributed by atoms with Gasteiger partial charge in [0.05, 0.1) is 0 Å². The quantitative estimate of drug-likeness (QED) is 0.485. The molecule has 2 rings (SSSR count). The molecule has 1 fully saturated rings. The van der Waals surface area contributed by atoms with Gasteiger partial charge in [-0.1, -0.05) is 56.2 Å². The highest BCUT2D eigenvalue weighted by molar-refractivity contribution is 6.30. The van der Waals surface area contributed by atoms with E-state index in [1.165, 1.54) is 44.6 Å². The lowest BCUT2D eigenvalue weighted by Gasteiger charge is -2.22. The molecular weight excluding hydrogens is 275 g/mol. The highest BCUT2D eigenvalue weighted by Gasteiger charge is 2.18. The van der Waals surface area contributed by atoms with Crippen LogP contribution in [0, 0.1) is 11.7 Å². The first-order valence-corrected chi connectivity index (χ1v) is 7.97. The van der Waals surface area contributed by atoms with E-state index in [4.69, 9.17) is 17.4 Å². The van der Waals surface area contributed by atoms with Crippen LogP contribution in [0.15, 0.2) is 18.2 Å². The van der Waals surface area contributed by atoms with E-state index in [1.54, 1.807) is 12.1 Å². The molecule has 0 heterocycles. The standard InChI is InChI=1S/C16H24ClFN2/c17-14-8-7-13(16(18)11-14)10-15(20-19)9-12-5-3-1-2-4-6-12/h7-8,11-12,15,20H,1-6,9-10,19H2. The van der Waals surface area contributed by atoms with Crippen LogP contribution in [-0.4, -0.2) is 6.04 Å². The Morgan fingerprint density at radius 2 is 1.95 bits per heavy atom. The summed E-state index contributed by atoms with van der Waals surface area (Å²) in [5, 5.41) is 0.437. The lowest BCUT2D eigenvalue weighted by Crippen LogP contribution is -2.38. The summed E-state index contributed by atoms with van der Waals surface area (Å²) in [4.78, 5) is 0. The molecule has 0 radical (unpaired) electrons. The number of nitrogens with one attached hydrogen (secondary N) is 1. The number of halogens is 2. The minimum atomic E-state index is -0.237. The summed E-state index contributed by atoms with van der Waals surface area (Å²) in [6.07, 6.45) is 9.54. The van der Waals surface area contributed by atoms with Crippen LogP contribution in [0.4, 0.5) is 4.39 Å². The first-order valence-electron chi connectivity index (χ1n) is 7.59. The van der Waals surface area contributed by atoms with E-state index in [1.807, 2.05) is 0 Å². The van der Waals surface area contributed by atoms with E-state index in [0.29, 0.717) is 22.9 Å². The van der Waals surface area contributed by atoms with Gasteiger partial charge in [-0.3, -0.25) is 11.3 Å². The van der Waals surface area contributed by atoms with Crippen molar-refractivity contribution in [1.29, 1.82) is 0 Å². The van der Waals surface area contributed by atoms with Crippen LogP contribution >= 0.6 is 11.6 Å². The van der Waals surface area contributed by atoms with Crippen molar-refractivity contribution in [3.05, 3.63) is 34.6 Å². The van der Waals surface area contributed by atoms with Gasteiger partial charge in [0, 0.05) is 11.1 Å². The zero-order valence-electron chi connectivity index (χ0n) is 11.9. The number of benzene rings is 1. The van der Waals surface area contributed by atoms with E-state index < -0.39 is 0 Å². The van der Waals surface area contributed by atoms with Crippen molar-refractivity contribution in [3.8, 4) is 0 Å². The van der Waals surface area contributed by atoms with Gasteiger partial charge in [-0.05, 0) is 36.5 Å². The molecule has 0 spiro atoms. The minimum Gasteiger partial charge on any atom is -0.271 e. The second kappa shape index (κ2) is 7.96. The molecule has 1 aliphatic carbocycles. The van der Waals surface area contributed by atoms with Gasteiger partial charge in [0.25, 0.3) is 0 Å². The summed E-state index contributed by atoms with van der Waals surface area (Å²) in [5.41, 5.74) is 3.55. The molecule has 0 aliphatic heterocycles. The van der Waals surface area contributed by atoms with E-state index in [9.17, 15) is 4.39 Å². The zero-order chi connectivity index (χ0) is 14.4. The number of nitrogens with two attached hydrogens (primary N) is 1. The van der Waals surface area contributed by atoms with Gasteiger partial charge < -0.3 is 0 Å². The highest BCUT2D eigenvalue weighted by atomic mass is 35.5. The monoisotopic (exact) mass is 298 g/mol. The van der Waals surface area contributed by atoms with Crippen molar-refractivity contribution in [2.45, 2.75) is 57.4 Å². The molecule has 20 heavy (non-hydrogen) atoms.